The first-order valence-electron chi connectivity index (χ1n) is 8.63. The lowest BCUT2D eigenvalue weighted by Gasteiger charge is -2.27. The number of methoxy groups -OCH3 is 1. The van der Waals surface area contributed by atoms with Crippen molar-refractivity contribution in [1.29, 1.82) is 0 Å². The predicted octanol–water partition coefficient (Wildman–Crippen LogP) is 1.06. The minimum absolute atomic E-state index is 0.142. The molecule has 0 aliphatic carbocycles. The van der Waals surface area contributed by atoms with Crippen molar-refractivity contribution in [2.24, 2.45) is 10.7 Å². The number of nitrogens with zero attached hydrogens (tertiary/aromatic N) is 4. The van der Waals surface area contributed by atoms with Gasteiger partial charge in [-0.1, -0.05) is 0 Å². The van der Waals surface area contributed by atoms with Crippen LogP contribution in [0.5, 0.6) is 0 Å². The molecule has 1 atom stereocenters. The number of carbonyl (C=O) groups is 1. The van der Waals surface area contributed by atoms with E-state index in [0.717, 1.165) is 12.1 Å². The number of anilines is 2. The highest BCUT2D eigenvalue weighted by Gasteiger charge is 2.47. The Kier molecular flexibility index (Phi) is 6.01. The molecule has 10 nitrogen and oxygen atoms in total. The second-order valence-electron chi connectivity index (χ2n) is 6.28. The Morgan fingerprint density at radius 3 is 2.83 bits per heavy atom. The van der Waals surface area contributed by atoms with Gasteiger partial charge in [0.05, 0.1) is 12.3 Å². The zero-order chi connectivity index (χ0) is 21.9. The van der Waals surface area contributed by atoms with Crippen molar-refractivity contribution >= 4 is 23.6 Å². The van der Waals surface area contributed by atoms with Gasteiger partial charge in [-0.2, -0.15) is 8.78 Å². The summed E-state index contributed by atoms with van der Waals surface area (Å²) in [4.78, 5) is 27.7. The lowest BCUT2D eigenvalue weighted by atomic mass is 10.1. The van der Waals surface area contributed by atoms with E-state index in [4.69, 9.17) is 16.2 Å². The molecule has 0 radical (unpaired) electrons. The Bertz CT molecular complexity index is 987. The number of hydrogen-bond acceptors (Lipinski definition) is 9. The number of amides is 1. The van der Waals surface area contributed by atoms with Crippen molar-refractivity contribution in [3.8, 4) is 0 Å². The zero-order valence-corrected chi connectivity index (χ0v) is 15.7. The van der Waals surface area contributed by atoms with Crippen molar-refractivity contribution in [3.05, 3.63) is 41.2 Å². The molecule has 0 saturated carbocycles. The van der Waals surface area contributed by atoms with Gasteiger partial charge in [-0.25, -0.2) is 24.3 Å². The normalized spacial score (nSPS) is 17.7. The summed E-state index contributed by atoms with van der Waals surface area (Å²) in [7, 11) is 1.53. The third-order valence-corrected chi connectivity index (χ3v) is 4.07. The molecule has 3 rings (SSSR count). The Morgan fingerprint density at radius 1 is 1.37 bits per heavy atom. The molecule has 2 aromatic rings. The Balaban J connectivity index is 1.83. The molecule has 0 unspecified atom stereocenters. The standard InChI is InChI=1S/C17H18F3N7O3/c1-29-5-4-8-6-23-12(14(21)24-8)15(28)26-10-3-2-9(18)11(25-10)13-17(19,20)7-30-16(22)27-13/h2-3,6,13H,4-5,7H2,1H3,(H2,21,24)(H2,22,27)(H,25,26,28)/t13-/m1/s1. The van der Waals surface area contributed by atoms with Gasteiger partial charge in [0, 0.05) is 19.7 Å². The van der Waals surface area contributed by atoms with Crippen LogP contribution in [0, 0.1) is 5.82 Å². The van der Waals surface area contributed by atoms with Crippen molar-refractivity contribution in [2.75, 3.05) is 31.4 Å². The van der Waals surface area contributed by atoms with Crippen LogP contribution in [0.3, 0.4) is 0 Å². The molecule has 0 spiro atoms. The average molecular weight is 425 g/mol. The van der Waals surface area contributed by atoms with Gasteiger partial charge < -0.3 is 26.3 Å². The van der Waals surface area contributed by atoms with Crippen LogP contribution in [0.2, 0.25) is 0 Å². The molecule has 2 aromatic heterocycles. The number of nitrogens with one attached hydrogen (secondary N) is 1. The Morgan fingerprint density at radius 2 is 2.13 bits per heavy atom. The van der Waals surface area contributed by atoms with Gasteiger partial charge in [-0.3, -0.25) is 4.79 Å². The first kappa shape index (κ1) is 21.2. The quantitative estimate of drug-likeness (QED) is 0.621. The minimum Gasteiger partial charge on any atom is -0.459 e. The van der Waals surface area contributed by atoms with Crippen LogP contribution in [0.25, 0.3) is 0 Å². The van der Waals surface area contributed by atoms with E-state index >= 15 is 0 Å². The fourth-order valence-corrected chi connectivity index (χ4v) is 2.61. The highest BCUT2D eigenvalue weighted by atomic mass is 19.3. The molecule has 0 saturated heterocycles. The van der Waals surface area contributed by atoms with Crippen LogP contribution >= 0.6 is 0 Å². The number of ether oxygens (including phenoxy) is 2. The maximum absolute atomic E-state index is 14.2. The van der Waals surface area contributed by atoms with Crippen LogP contribution < -0.4 is 16.8 Å². The first-order chi connectivity index (χ1) is 14.2. The zero-order valence-electron chi connectivity index (χ0n) is 15.7. The van der Waals surface area contributed by atoms with E-state index in [1.807, 2.05) is 0 Å². The fourth-order valence-electron chi connectivity index (χ4n) is 2.61. The third-order valence-electron chi connectivity index (χ3n) is 4.07. The molecule has 0 fully saturated rings. The van der Waals surface area contributed by atoms with E-state index in [9.17, 15) is 18.0 Å². The summed E-state index contributed by atoms with van der Waals surface area (Å²) >= 11 is 0. The van der Waals surface area contributed by atoms with Crippen molar-refractivity contribution < 1.29 is 27.4 Å². The monoisotopic (exact) mass is 425 g/mol. The van der Waals surface area contributed by atoms with E-state index in [1.54, 1.807) is 0 Å². The van der Waals surface area contributed by atoms with Crippen molar-refractivity contribution in [1.82, 2.24) is 15.0 Å². The smallest absolute Gasteiger partial charge is 0.309 e. The minimum atomic E-state index is -3.55. The maximum Gasteiger partial charge on any atom is 0.309 e. The number of nitrogens with two attached hydrogens (primary N) is 2. The number of aliphatic imine (C=N–C) groups is 1. The Hall–Kier alpha value is -3.48. The lowest BCUT2D eigenvalue weighted by molar-refractivity contribution is -0.0798. The number of carbonyl (C=O) groups excluding carboxylic acids is 1. The summed E-state index contributed by atoms with van der Waals surface area (Å²) in [6.07, 6.45) is 1.80. The number of rotatable bonds is 6. The van der Waals surface area contributed by atoms with E-state index in [1.165, 1.54) is 13.3 Å². The molecule has 0 aromatic carbocycles. The first-order valence-corrected chi connectivity index (χ1v) is 8.63. The number of nitrogen functional groups attached to an aromatic ring is 1. The predicted molar refractivity (Wildman–Crippen MR) is 99.4 cm³/mol. The number of amidine groups is 1. The van der Waals surface area contributed by atoms with Gasteiger partial charge in [0.15, 0.2) is 24.2 Å². The van der Waals surface area contributed by atoms with Crippen LogP contribution in [0.1, 0.15) is 27.9 Å². The molecule has 3 heterocycles. The third kappa shape index (κ3) is 4.56. The molecule has 1 aliphatic rings. The lowest BCUT2D eigenvalue weighted by Crippen LogP contribution is -2.40. The van der Waals surface area contributed by atoms with Crippen LogP contribution in [-0.4, -0.2) is 53.1 Å². The number of halogens is 3. The number of alkyl halides is 2. The van der Waals surface area contributed by atoms with Gasteiger partial charge in [-0.05, 0) is 12.1 Å². The molecule has 5 N–H and O–H groups in total. The number of pyridine rings is 1. The number of hydrogen-bond donors (Lipinski definition) is 3. The SMILES string of the molecule is COCCc1cnc(C(=O)Nc2ccc(F)c([C@H]3N=C(N)OCC3(F)F)n2)c(N)n1. The summed E-state index contributed by atoms with van der Waals surface area (Å²) in [6.45, 7) is -0.683. The van der Waals surface area contributed by atoms with Crippen LogP contribution in [0.4, 0.5) is 24.8 Å². The maximum atomic E-state index is 14.2. The van der Waals surface area contributed by atoms with Crippen LogP contribution in [-0.2, 0) is 15.9 Å². The van der Waals surface area contributed by atoms with E-state index in [0.29, 0.717) is 18.7 Å². The van der Waals surface area contributed by atoms with E-state index in [2.05, 4.69) is 30.0 Å². The topological polar surface area (TPSA) is 151 Å². The summed E-state index contributed by atoms with van der Waals surface area (Å²) in [5.41, 5.74) is 10.7. The van der Waals surface area contributed by atoms with Gasteiger partial charge in [0.1, 0.15) is 17.3 Å². The van der Waals surface area contributed by atoms with Gasteiger partial charge in [0.2, 0.25) is 0 Å². The van der Waals surface area contributed by atoms with Crippen molar-refractivity contribution in [3.63, 3.8) is 0 Å². The fraction of sp³-hybridized carbons (Fsp3) is 0.353. The molecule has 13 heteroatoms. The molecule has 0 bridgehead atoms. The average Bonchev–Trinajstić information content (AvgIpc) is 2.70. The molecular formula is C17H18F3N7O3. The highest BCUT2D eigenvalue weighted by Crippen LogP contribution is 2.38. The second-order valence-corrected chi connectivity index (χ2v) is 6.28. The van der Waals surface area contributed by atoms with Gasteiger partial charge in [0.25, 0.3) is 11.9 Å². The summed E-state index contributed by atoms with van der Waals surface area (Å²) in [5.74, 6) is -5.75. The summed E-state index contributed by atoms with van der Waals surface area (Å²) in [6, 6.07) is -0.554. The molecule has 30 heavy (non-hydrogen) atoms. The molecular weight excluding hydrogens is 407 g/mol. The van der Waals surface area contributed by atoms with Crippen LogP contribution in [0.15, 0.2) is 23.3 Å². The van der Waals surface area contributed by atoms with E-state index in [-0.39, 0.29) is 17.3 Å². The molecule has 160 valence electrons. The second kappa shape index (κ2) is 8.49. The van der Waals surface area contributed by atoms with Gasteiger partial charge >= 0.3 is 5.92 Å². The Labute approximate surface area is 168 Å². The summed E-state index contributed by atoms with van der Waals surface area (Å²) in [5, 5.41) is 2.33. The molecule has 1 amide bonds. The molecule has 1 aliphatic heterocycles. The number of aromatic nitrogens is 3. The van der Waals surface area contributed by atoms with Crippen molar-refractivity contribution in [2.45, 2.75) is 18.4 Å². The highest BCUT2D eigenvalue weighted by molar-refractivity contribution is 6.05. The largest absolute Gasteiger partial charge is 0.459 e. The summed E-state index contributed by atoms with van der Waals surface area (Å²) < 4.78 is 51.9. The van der Waals surface area contributed by atoms with E-state index < -0.39 is 42.0 Å². The van der Waals surface area contributed by atoms with Gasteiger partial charge in [-0.15, -0.1) is 0 Å².